The molecule has 9 heteroatoms. The van der Waals surface area contributed by atoms with Gasteiger partial charge in [-0.1, -0.05) is 12.1 Å². The minimum Gasteiger partial charge on any atom is -0.489 e. The Morgan fingerprint density at radius 2 is 1.89 bits per heavy atom. The van der Waals surface area contributed by atoms with Crippen molar-refractivity contribution in [2.75, 3.05) is 36.5 Å². The molecule has 36 heavy (non-hydrogen) atoms. The molecule has 0 saturated carbocycles. The summed E-state index contributed by atoms with van der Waals surface area (Å²) in [6.07, 6.45) is 0. The Hall–Kier alpha value is -4.27. The van der Waals surface area contributed by atoms with E-state index in [1.807, 2.05) is 32.2 Å². The summed E-state index contributed by atoms with van der Waals surface area (Å²) in [7, 11) is 1.95. The van der Waals surface area contributed by atoms with E-state index in [9.17, 15) is 14.3 Å². The van der Waals surface area contributed by atoms with Crippen LogP contribution >= 0.6 is 0 Å². The van der Waals surface area contributed by atoms with Crippen molar-refractivity contribution in [1.82, 2.24) is 0 Å². The number of nitrogens with one attached hydrogen (secondary N) is 1. The van der Waals surface area contributed by atoms with Crippen LogP contribution in [0.15, 0.2) is 66.7 Å². The van der Waals surface area contributed by atoms with Crippen molar-refractivity contribution in [3.63, 3.8) is 0 Å². The molecule has 0 bridgehead atoms. The first-order valence-electron chi connectivity index (χ1n) is 11.4. The van der Waals surface area contributed by atoms with E-state index in [1.165, 1.54) is 12.1 Å². The lowest BCUT2D eigenvalue weighted by Crippen LogP contribution is -2.51. The SMILES string of the molecule is CN1CC(C)(COc2ccc(C(=N)N)cc2)Oc2ccc(N(CC(=O)O)Cc3ccc(F)cc3)cc21. The number of nitrogens with zero attached hydrogens (tertiary/aromatic N) is 2. The number of rotatable bonds is 9. The van der Waals surface area contributed by atoms with Gasteiger partial charge in [-0.15, -0.1) is 0 Å². The molecule has 1 aliphatic heterocycles. The Morgan fingerprint density at radius 1 is 1.19 bits per heavy atom. The standard InChI is InChI=1S/C27H29FN4O4/c1-27(17-35-22-10-5-19(6-11-22)26(29)30)16-31(2)23-13-21(9-12-24(23)36-27)32(15-25(33)34)14-18-3-7-20(28)8-4-18/h3-13H,14-17H2,1-2H3,(H3,29,30)(H,33,34). The molecule has 1 heterocycles. The van der Waals surface area contributed by atoms with Crippen LogP contribution in [0, 0.1) is 11.2 Å². The molecule has 0 radical (unpaired) electrons. The van der Waals surface area contributed by atoms with Crippen LogP contribution < -0.4 is 25.0 Å². The predicted octanol–water partition coefficient (Wildman–Crippen LogP) is 3.87. The van der Waals surface area contributed by atoms with E-state index in [-0.39, 0.29) is 18.2 Å². The van der Waals surface area contributed by atoms with Gasteiger partial charge in [0.1, 0.15) is 36.3 Å². The topological polar surface area (TPSA) is 112 Å². The summed E-state index contributed by atoms with van der Waals surface area (Å²) in [6.45, 7) is 2.94. The molecule has 188 valence electrons. The van der Waals surface area contributed by atoms with Gasteiger partial charge in [0.05, 0.1) is 12.2 Å². The number of carboxylic acid groups (broad SMARTS) is 1. The normalized spacial score (nSPS) is 16.6. The molecule has 1 atom stereocenters. The Morgan fingerprint density at radius 3 is 2.53 bits per heavy atom. The summed E-state index contributed by atoms with van der Waals surface area (Å²) in [5, 5.41) is 16.9. The van der Waals surface area contributed by atoms with Gasteiger partial charge in [-0.2, -0.15) is 0 Å². The molecule has 0 aromatic heterocycles. The van der Waals surface area contributed by atoms with Crippen LogP contribution in [-0.2, 0) is 11.3 Å². The van der Waals surface area contributed by atoms with Crippen molar-refractivity contribution >= 4 is 23.2 Å². The number of amidine groups is 1. The smallest absolute Gasteiger partial charge is 0.323 e. The minimum atomic E-state index is -0.958. The molecule has 1 aliphatic rings. The van der Waals surface area contributed by atoms with Gasteiger partial charge in [0.15, 0.2) is 5.60 Å². The second kappa shape index (κ2) is 10.2. The second-order valence-corrected chi connectivity index (χ2v) is 9.16. The number of ether oxygens (including phenoxy) is 2. The van der Waals surface area contributed by atoms with Crippen molar-refractivity contribution in [2.45, 2.75) is 19.1 Å². The minimum absolute atomic E-state index is 0.00122. The van der Waals surface area contributed by atoms with E-state index >= 15 is 0 Å². The summed E-state index contributed by atoms with van der Waals surface area (Å²) in [4.78, 5) is 15.3. The maximum absolute atomic E-state index is 13.3. The Kier molecular flexibility index (Phi) is 7.00. The number of carbonyl (C=O) groups is 1. The highest BCUT2D eigenvalue weighted by atomic mass is 19.1. The number of likely N-dealkylation sites (N-methyl/N-ethyl adjacent to an activating group) is 1. The molecule has 8 nitrogen and oxygen atoms in total. The third-order valence-electron chi connectivity index (χ3n) is 5.97. The van der Waals surface area contributed by atoms with Crippen molar-refractivity contribution in [2.24, 2.45) is 5.73 Å². The zero-order valence-corrected chi connectivity index (χ0v) is 20.2. The summed E-state index contributed by atoms with van der Waals surface area (Å²) >= 11 is 0. The highest BCUT2D eigenvalue weighted by Gasteiger charge is 2.36. The van der Waals surface area contributed by atoms with Gasteiger partial charge in [-0.25, -0.2) is 4.39 Å². The van der Waals surface area contributed by atoms with Gasteiger partial charge in [0.2, 0.25) is 0 Å². The highest BCUT2D eigenvalue weighted by Crippen LogP contribution is 2.39. The average molecular weight is 493 g/mol. The quantitative estimate of drug-likeness (QED) is 0.307. The summed E-state index contributed by atoms with van der Waals surface area (Å²) in [5.41, 5.74) is 7.87. The van der Waals surface area contributed by atoms with E-state index in [0.29, 0.717) is 36.8 Å². The summed E-state index contributed by atoms with van der Waals surface area (Å²) in [6, 6.07) is 18.6. The molecule has 0 fully saturated rings. The van der Waals surface area contributed by atoms with Crippen molar-refractivity contribution in [3.8, 4) is 11.5 Å². The number of carboxylic acids is 1. The van der Waals surface area contributed by atoms with E-state index in [2.05, 4.69) is 4.90 Å². The average Bonchev–Trinajstić information content (AvgIpc) is 2.83. The maximum atomic E-state index is 13.3. The van der Waals surface area contributed by atoms with E-state index in [0.717, 1.165) is 16.9 Å². The fraction of sp³-hybridized carbons (Fsp3) is 0.259. The monoisotopic (exact) mass is 492 g/mol. The number of benzene rings is 3. The van der Waals surface area contributed by atoms with Crippen LogP contribution in [-0.4, -0.2) is 49.3 Å². The van der Waals surface area contributed by atoms with E-state index < -0.39 is 11.6 Å². The van der Waals surface area contributed by atoms with E-state index in [4.69, 9.17) is 20.6 Å². The fourth-order valence-corrected chi connectivity index (χ4v) is 4.23. The summed E-state index contributed by atoms with van der Waals surface area (Å²) in [5.74, 6) is 0.0271. The molecule has 1 unspecified atom stereocenters. The van der Waals surface area contributed by atoms with Gasteiger partial charge in [-0.05, 0) is 67.1 Å². The highest BCUT2D eigenvalue weighted by molar-refractivity contribution is 5.94. The number of nitrogens with two attached hydrogens (primary N) is 1. The molecule has 4 rings (SSSR count). The molecule has 0 spiro atoms. The molecular formula is C27H29FN4O4. The molecule has 3 aromatic carbocycles. The van der Waals surface area contributed by atoms with Gasteiger partial charge >= 0.3 is 5.97 Å². The lowest BCUT2D eigenvalue weighted by molar-refractivity contribution is -0.135. The molecule has 4 N–H and O–H groups in total. The van der Waals surface area contributed by atoms with E-state index in [1.54, 1.807) is 41.3 Å². The van der Waals surface area contributed by atoms with Crippen molar-refractivity contribution in [3.05, 3.63) is 83.7 Å². The maximum Gasteiger partial charge on any atom is 0.323 e. The Labute approximate surface area is 209 Å². The molecule has 0 saturated heterocycles. The van der Waals surface area contributed by atoms with Crippen LogP contribution in [0.3, 0.4) is 0 Å². The molecule has 0 aliphatic carbocycles. The zero-order valence-electron chi connectivity index (χ0n) is 20.2. The number of anilines is 2. The van der Waals surface area contributed by atoms with Crippen LogP contribution in [0.1, 0.15) is 18.1 Å². The second-order valence-electron chi connectivity index (χ2n) is 9.16. The largest absolute Gasteiger partial charge is 0.489 e. The van der Waals surface area contributed by atoms with Gasteiger partial charge in [0, 0.05) is 24.8 Å². The van der Waals surface area contributed by atoms with Crippen LogP contribution in [0.25, 0.3) is 0 Å². The van der Waals surface area contributed by atoms with Gasteiger partial charge in [-0.3, -0.25) is 10.2 Å². The molecular weight excluding hydrogens is 463 g/mol. The lowest BCUT2D eigenvalue weighted by Gasteiger charge is -2.41. The van der Waals surface area contributed by atoms with Gasteiger partial charge in [0.25, 0.3) is 0 Å². The third-order valence-corrected chi connectivity index (χ3v) is 5.97. The Bertz CT molecular complexity index is 1250. The number of nitrogen functional groups attached to an aromatic ring is 1. The first-order valence-corrected chi connectivity index (χ1v) is 11.4. The first-order chi connectivity index (χ1) is 17.1. The number of aliphatic carboxylic acids is 1. The zero-order chi connectivity index (χ0) is 25.9. The third kappa shape index (κ3) is 5.86. The first kappa shape index (κ1) is 24.8. The predicted molar refractivity (Wildman–Crippen MR) is 137 cm³/mol. The number of halogens is 1. The number of hydrogen-bond donors (Lipinski definition) is 3. The van der Waals surface area contributed by atoms with Crippen LogP contribution in [0.4, 0.5) is 15.8 Å². The molecule has 0 amide bonds. The summed E-state index contributed by atoms with van der Waals surface area (Å²) < 4.78 is 25.6. The number of hydrogen-bond acceptors (Lipinski definition) is 6. The lowest BCUT2D eigenvalue weighted by atomic mass is 10.0. The fourth-order valence-electron chi connectivity index (χ4n) is 4.23. The Balaban J connectivity index is 1.49. The van der Waals surface area contributed by atoms with Crippen molar-refractivity contribution < 1.29 is 23.8 Å². The van der Waals surface area contributed by atoms with Crippen LogP contribution in [0.5, 0.6) is 11.5 Å². The van der Waals surface area contributed by atoms with Crippen LogP contribution in [0.2, 0.25) is 0 Å². The number of fused-ring (bicyclic) bond motifs is 1. The molecule has 3 aromatic rings. The van der Waals surface area contributed by atoms with Gasteiger partial charge < -0.3 is 30.1 Å². The van der Waals surface area contributed by atoms with Crippen molar-refractivity contribution in [1.29, 1.82) is 5.41 Å².